The van der Waals surface area contributed by atoms with Gasteiger partial charge in [0.15, 0.2) is 0 Å². The van der Waals surface area contributed by atoms with Crippen LogP contribution in [0, 0.1) is 5.92 Å². The van der Waals surface area contributed by atoms with Crippen molar-refractivity contribution in [2.24, 2.45) is 26.6 Å². The fraction of sp³-hybridized carbons (Fsp3) is 0.200. The van der Waals surface area contributed by atoms with Crippen molar-refractivity contribution in [3.05, 3.63) is 125 Å². The van der Waals surface area contributed by atoms with Gasteiger partial charge in [0.2, 0.25) is 5.91 Å². The SMILES string of the molecule is NC(=O)CC1CCC(c2ccc3c(c2)NC=CN=C3)C(c2ccc3c(c2)NC=CN=C3)C1c1ccc2c(c1)NC=CN=C2. The fourth-order valence-corrected chi connectivity index (χ4v) is 7.04. The van der Waals surface area contributed by atoms with E-state index < -0.39 is 0 Å². The predicted molar refractivity (Wildman–Crippen MR) is 175 cm³/mol. The molecule has 3 heterocycles. The van der Waals surface area contributed by atoms with E-state index in [2.05, 4.69) is 85.5 Å². The summed E-state index contributed by atoms with van der Waals surface area (Å²) in [6.07, 6.45) is 18.6. The van der Waals surface area contributed by atoms with Crippen LogP contribution in [0.25, 0.3) is 0 Å². The van der Waals surface area contributed by atoms with Gasteiger partial charge in [-0.1, -0.05) is 36.4 Å². The average molecular weight is 568 g/mol. The minimum atomic E-state index is -0.264. The monoisotopic (exact) mass is 567 g/mol. The number of carbonyl (C=O) groups excluding carboxylic acids is 1. The first-order valence-corrected chi connectivity index (χ1v) is 14.7. The normalized spacial score (nSPS) is 23.0. The van der Waals surface area contributed by atoms with Gasteiger partial charge in [0, 0.05) is 96.0 Å². The molecule has 4 unspecified atom stereocenters. The summed E-state index contributed by atoms with van der Waals surface area (Å²) in [5.41, 5.74) is 15.7. The van der Waals surface area contributed by atoms with E-state index in [-0.39, 0.29) is 29.6 Å². The molecule has 8 heteroatoms. The number of amides is 1. The van der Waals surface area contributed by atoms with Crippen LogP contribution in [0.3, 0.4) is 0 Å². The van der Waals surface area contributed by atoms with E-state index in [9.17, 15) is 4.79 Å². The molecule has 7 rings (SSSR count). The fourth-order valence-electron chi connectivity index (χ4n) is 7.04. The lowest BCUT2D eigenvalue weighted by atomic mass is 9.59. The highest BCUT2D eigenvalue weighted by Gasteiger charge is 2.42. The first kappa shape index (κ1) is 26.6. The molecule has 0 radical (unpaired) electrons. The van der Waals surface area contributed by atoms with Crippen molar-refractivity contribution in [2.45, 2.75) is 37.0 Å². The summed E-state index contributed by atoms with van der Waals surface area (Å²) in [6, 6.07) is 19.8. The zero-order chi connectivity index (χ0) is 29.2. The number of rotatable bonds is 5. The molecule has 0 spiro atoms. The van der Waals surface area contributed by atoms with Crippen molar-refractivity contribution in [2.75, 3.05) is 16.0 Å². The molecule has 0 saturated heterocycles. The Morgan fingerprint density at radius 2 is 1.12 bits per heavy atom. The van der Waals surface area contributed by atoms with Gasteiger partial charge in [0.1, 0.15) is 0 Å². The van der Waals surface area contributed by atoms with E-state index in [1.165, 1.54) is 16.7 Å². The Morgan fingerprint density at radius 1 is 0.651 bits per heavy atom. The van der Waals surface area contributed by atoms with Crippen LogP contribution in [0.2, 0.25) is 0 Å². The zero-order valence-corrected chi connectivity index (χ0v) is 23.7. The summed E-state index contributed by atoms with van der Waals surface area (Å²) < 4.78 is 0. The quantitative estimate of drug-likeness (QED) is 0.279. The van der Waals surface area contributed by atoms with Crippen molar-refractivity contribution >= 4 is 41.6 Å². The number of aliphatic imine (C=N–C) groups is 3. The topological polar surface area (TPSA) is 116 Å². The maximum absolute atomic E-state index is 12.5. The first-order valence-electron chi connectivity index (χ1n) is 14.7. The average Bonchev–Trinajstić information content (AvgIpc) is 3.51. The van der Waals surface area contributed by atoms with Gasteiger partial charge in [-0.3, -0.25) is 19.8 Å². The van der Waals surface area contributed by atoms with E-state index in [1.54, 1.807) is 18.6 Å². The molecule has 0 aromatic heterocycles. The number of nitrogens with zero attached hydrogens (tertiary/aromatic N) is 3. The largest absolute Gasteiger partial charge is 0.370 e. The van der Waals surface area contributed by atoms with Crippen LogP contribution in [0.4, 0.5) is 17.1 Å². The molecule has 0 bridgehead atoms. The third-order valence-corrected chi connectivity index (χ3v) is 8.91. The molecule has 3 aromatic rings. The van der Waals surface area contributed by atoms with Gasteiger partial charge in [0.05, 0.1) is 0 Å². The molecule has 5 N–H and O–H groups in total. The van der Waals surface area contributed by atoms with Crippen LogP contribution in [0.1, 0.15) is 70.4 Å². The Bertz CT molecular complexity index is 1750. The maximum atomic E-state index is 12.5. The molecular formula is C35H33N7O. The summed E-state index contributed by atoms with van der Waals surface area (Å²) in [4.78, 5) is 25.5. The van der Waals surface area contributed by atoms with Crippen LogP contribution >= 0.6 is 0 Å². The minimum absolute atomic E-state index is 0.0452. The first-order chi connectivity index (χ1) is 21.1. The van der Waals surface area contributed by atoms with Gasteiger partial charge in [-0.25, -0.2) is 0 Å². The van der Waals surface area contributed by atoms with Crippen molar-refractivity contribution in [3.63, 3.8) is 0 Å². The number of hydrogen-bond acceptors (Lipinski definition) is 7. The molecule has 3 aliphatic heterocycles. The lowest BCUT2D eigenvalue weighted by Gasteiger charge is -2.44. The van der Waals surface area contributed by atoms with Gasteiger partial charge in [-0.15, -0.1) is 0 Å². The molecule has 1 amide bonds. The van der Waals surface area contributed by atoms with Crippen molar-refractivity contribution in [1.82, 2.24) is 0 Å². The summed E-state index contributed by atoms with van der Waals surface area (Å²) in [7, 11) is 0. The number of nitrogens with one attached hydrogen (secondary N) is 3. The van der Waals surface area contributed by atoms with E-state index in [1.807, 2.05) is 37.2 Å². The van der Waals surface area contributed by atoms with Gasteiger partial charge in [-0.2, -0.15) is 0 Å². The third-order valence-electron chi connectivity index (χ3n) is 8.91. The number of carbonyl (C=O) groups is 1. The van der Waals surface area contributed by atoms with Crippen molar-refractivity contribution in [1.29, 1.82) is 0 Å². The van der Waals surface area contributed by atoms with Gasteiger partial charge < -0.3 is 21.7 Å². The highest BCUT2D eigenvalue weighted by Crippen LogP contribution is 2.56. The van der Waals surface area contributed by atoms with Gasteiger partial charge in [0.25, 0.3) is 0 Å². The predicted octanol–water partition coefficient (Wildman–Crippen LogP) is 6.57. The van der Waals surface area contributed by atoms with E-state index in [4.69, 9.17) is 5.73 Å². The second kappa shape index (κ2) is 11.6. The summed E-state index contributed by atoms with van der Waals surface area (Å²) in [6.45, 7) is 0. The summed E-state index contributed by atoms with van der Waals surface area (Å²) in [5.74, 6) is 0.153. The second-order valence-corrected chi connectivity index (χ2v) is 11.4. The lowest BCUT2D eigenvalue weighted by molar-refractivity contribution is -0.119. The highest BCUT2D eigenvalue weighted by molar-refractivity contribution is 5.91. The molecule has 1 saturated carbocycles. The number of hydrogen-bond donors (Lipinski definition) is 4. The van der Waals surface area contributed by atoms with E-state index in [0.29, 0.717) is 6.42 Å². The number of fused-ring (bicyclic) bond motifs is 3. The second-order valence-electron chi connectivity index (χ2n) is 11.4. The third kappa shape index (κ3) is 5.39. The van der Waals surface area contributed by atoms with Crippen LogP contribution in [-0.2, 0) is 4.79 Å². The number of nitrogens with two attached hydrogens (primary N) is 1. The lowest BCUT2D eigenvalue weighted by Crippen LogP contribution is -2.33. The van der Waals surface area contributed by atoms with Crippen molar-refractivity contribution < 1.29 is 4.79 Å². The van der Waals surface area contributed by atoms with Gasteiger partial charge in [-0.05, 0) is 71.4 Å². The minimum Gasteiger partial charge on any atom is -0.370 e. The Morgan fingerprint density at radius 3 is 1.63 bits per heavy atom. The molecule has 4 aliphatic rings. The smallest absolute Gasteiger partial charge is 0.217 e. The molecule has 8 nitrogen and oxygen atoms in total. The molecule has 1 aliphatic carbocycles. The van der Waals surface area contributed by atoms with Crippen LogP contribution in [-0.4, -0.2) is 24.6 Å². The van der Waals surface area contributed by atoms with E-state index >= 15 is 0 Å². The Kier molecular flexibility index (Phi) is 7.17. The number of anilines is 3. The molecule has 4 atom stereocenters. The maximum Gasteiger partial charge on any atom is 0.217 e. The molecular weight excluding hydrogens is 534 g/mol. The van der Waals surface area contributed by atoms with Gasteiger partial charge >= 0.3 is 0 Å². The zero-order valence-electron chi connectivity index (χ0n) is 23.7. The number of primary amides is 1. The summed E-state index contributed by atoms with van der Waals surface area (Å²) >= 11 is 0. The Labute approximate surface area is 250 Å². The Balaban J connectivity index is 1.39. The summed E-state index contributed by atoms with van der Waals surface area (Å²) in [5, 5.41) is 10.2. The standard InChI is InChI=1S/C35H33N7O/c36-33(43)18-25-7-8-29(22-1-4-26-19-37-9-12-40-30(26)15-22)35(24-3-6-28-21-39-11-14-42-32(28)17-24)34(25)23-2-5-27-20-38-10-13-41-31(27)16-23/h1-6,9-17,19-21,25,29,34-35,40-42H,7-8,18H2,(H2,36,43). The van der Waals surface area contributed by atoms with E-state index in [0.717, 1.165) is 46.6 Å². The molecule has 43 heavy (non-hydrogen) atoms. The Hall–Kier alpha value is -5.24. The van der Waals surface area contributed by atoms with Crippen LogP contribution in [0.5, 0.6) is 0 Å². The van der Waals surface area contributed by atoms with Crippen LogP contribution < -0.4 is 21.7 Å². The van der Waals surface area contributed by atoms with Crippen LogP contribution in [0.15, 0.2) is 107 Å². The number of benzene rings is 3. The molecule has 3 aromatic carbocycles. The molecule has 1 fully saturated rings. The van der Waals surface area contributed by atoms with Crippen molar-refractivity contribution in [3.8, 4) is 0 Å². The highest BCUT2D eigenvalue weighted by atomic mass is 16.1. The molecule has 214 valence electrons.